The first-order valence-corrected chi connectivity index (χ1v) is 19.9. The Morgan fingerprint density at radius 2 is 1.08 bits per heavy atom. The summed E-state index contributed by atoms with van der Waals surface area (Å²) in [7, 11) is 0. The number of nitrogens with zero attached hydrogens (tertiary/aromatic N) is 3. The fraction of sp³-hybridized carbons (Fsp3) is 0. The van der Waals surface area contributed by atoms with Crippen LogP contribution >= 0.6 is 6.04 Å². The highest BCUT2D eigenvalue weighted by Crippen LogP contribution is 2.44. The highest BCUT2D eigenvalue weighted by molar-refractivity contribution is 8.25. The molecule has 3 nitrogen and oxygen atoms in total. The van der Waals surface area contributed by atoms with Crippen LogP contribution in [-0.4, -0.2) is 14.4 Å². The molecule has 0 bridgehead atoms. The van der Waals surface area contributed by atoms with Gasteiger partial charge in [-0.1, -0.05) is 145 Å². The van der Waals surface area contributed by atoms with Crippen molar-refractivity contribution in [2.45, 2.75) is 0 Å². The molecule has 0 atom stereocenters. The molecule has 3 aromatic heterocycles. The van der Waals surface area contributed by atoms with Crippen LogP contribution in [0.3, 0.4) is 0 Å². The van der Waals surface area contributed by atoms with Gasteiger partial charge in [0.2, 0.25) is 0 Å². The van der Waals surface area contributed by atoms with Gasteiger partial charge in [-0.2, -0.15) is 0 Å². The lowest BCUT2D eigenvalue weighted by Gasteiger charge is -2.25. The second-order valence-corrected chi connectivity index (χ2v) is 17.4. The van der Waals surface area contributed by atoms with Crippen molar-refractivity contribution >= 4 is 82.9 Å². The van der Waals surface area contributed by atoms with Gasteiger partial charge < -0.3 is 0 Å². The smallest absolute Gasteiger partial charge is 0.146 e. The zero-order valence-corrected chi connectivity index (χ0v) is 29.2. The number of pyridine rings is 2. The highest BCUT2D eigenvalue weighted by Gasteiger charge is 2.26. The van der Waals surface area contributed by atoms with E-state index >= 15 is 0 Å². The number of hydrogen-bond donors (Lipinski definition) is 0. The fourth-order valence-electron chi connectivity index (χ4n) is 7.57. The average Bonchev–Trinajstić information content (AvgIpc) is 3.60. The van der Waals surface area contributed by atoms with Gasteiger partial charge >= 0.3 is 0 Å². The van der Waals surface area contributed by atoms with Crippen molar-refractivity contribution in [2.24, 2.45) is 0 Å². The number of hydrogen-bond acceptors (Lipinski definition) is 3. The fourth-order valence-corrected chi connectivity index (χ4v) is 11.3. The number of aromatic nitrogens is 3. The maximum atomic E-state index is 6.83. The topological polar surface area (TPSA) is 30.2 Å². The summed E-state index contributed by atoms with van der Waals surface area (Å²) in [5.74, 6) is 0. The third-order valence-corrected chi connectivity index (χ3v) is 15.1. The Kier molecular flexibility index (Phi) is 6.95. The Morgan fingerprint density at radius 1 is 0.451 bits per heavy atom. The Hall–Kier alpha value is -5.93. The summed E-state index contributed by atoms with van der Waals surface area (Å²) in [5, 5.41) is 9.45. The molecule has 0 fully saturated rings. The van der Waals surface area contributed by atoms with E-state index in [0.717, 1.165) is 55.1 Å². The van der Waals surface area contributed by atoms with Gasteiger partial charge in [-0.05, 0) is 90.7 Å². The molecule has 240 valence electrons. The van der Waals surface area contributed by atoms with Gasteiger partial charge in [0.25, 0.3) is 0 Å². The molecule has 0 saturated heterocycles. The maximum Gasteiger partial charge on any atom is 0.146 e. The van der Waals surface area contributed by atoms with Crippen molar-refractivity contribution < 1.29 is 0 Å². The summed E-state index contributed by atoms with van der Waals surface area (Å²) in [6.45, 7) is 0. The largest absolute Gasteiger partial charge is 0.292 e. The summed E-state index contributed by atoms with van der Waals surface area (Å²) in [6, 6.07) is 58.5. The molecule has 5 heteroatoms. The van der Waals surface area contributed by atoms with Gasteiger partial charge in [-0.3, -0.25) is 9.38 Å². The quantitative estimate of drug-likeness (QED) is 0.103. The number of imidazole rings is 1. The third-order valence-electron chi connectivity index (χ3n) is 10.1. The van der Waals surface area contributed by atoms with E-state index in [4.69, 9.17) is 16.8 Å². The average molecular weight is 688 g/mol. The van der Waals surface area contributed by atoms with Crippen LogP contribution in [0, 0.1) is 0 Å². The van der Waals surface area contributed by atoms with Crippen LogP contribution in [0.2, 0.25) is 0 Å². The van der Waals surface area contributed by atoms with E-state index in [1.165, 1.54) is 32.2 Å². The lowest BCUT2D eigenvalue weighted by Crippen LogP contribution is -2.24. The summed E-state index contributed by atoms with van der Waals surface area (Å²) in [5.41, 5.74) is 8.64. The van der Waals surface area contributed by atoms with Crippen LogP contribution in [0.15, 0.2) is 182 Å². The van der Waals surface area contributed by atoms with Crippen LogP contribution in [0.5, 0.6) is 0 Å². The molecular formula is C46H30N3PS. The molecule has 0 amide bonds. The molecule has 0 aliphatic rings. The standard InChI is InChI=1S/C46H30N3PS/c51-50(37-13-3-1-4-14-37,38-15-5-2-6-16-38)39-22-23-40-41-26-33-10-7-8-11-34(33)27-42(41)46-48-43-24-21-35(28-45(43)49(46)44(40)29-39)31-17-19-32(20-18-31)36-12-9-25-47-30-36/h1-30H. The Labute approximate surface area is 300 Å². The first-order chi connectivity index (χ1) is 25.1. The molecule has 51 heavy (non-hydrogen) atoms. The number of fused-ring (bicyclic) bond motifs is 9. The summed E-state index contributed by atoms with van der Waals surface area (Å²) in [4.78, 5) is 9.64. The molecule has 0 unspecified atom stereocenters. The van der Waals surface area contributed by atoms with E-state index in [0.29, 0.717) is 0 Å². The summed E-state index contributed by atoms with van der Waals surface area (Å²) < 4.78 is 2.37. The lowest BCUT2D eigenvalue weighted by molar-refractivity contribution is 1.32. The molecule has 0 aliphatic carbocycles. The zero-order chi connectivity index (χ0) is 33.9. The second kappa shape index (κ2) is 11.8. The molecule has 0 radical (unpaired) electrons. The Balaban J connectivity index is 1.27. The van der Waals surface area contributed by atoms with Crippen LogP contribution < -0.4 is 15.9 Å². The predicted molar refractivity (Wildman–Crippen MR) is 220 cm³/mol. The van der Waals surface area contributed by atoms with E-state index in [9.17, 15) is 0 Å². The third kappa shape index (κ3) is 4.83. The van der Waals surface area contributed by atoms with Crippen molar-refractivity contribution in [3.8, 4) is 22.3 Å². The molecule has 0 spiro atoms. The van der Waals surface area contributed by atoms with E-state index in [1.807, 2.05) is 12.3 Å². The Bertz CT molecular complexity index is 2930. The van der Waals surface area contributed by atoms with Crippen molar-refractivity contribution in [1.29, 1.82) is 0 Å². The molecule has 0 saturated carbocycles. The van der Waals surface area contributed by atoms with E-state index in [1.54, 1.807) is 6.20 Å². The second-order valence-electron chi connectivity index (χ2n) is 13.0. The van der Waals surface area contributed by atoms with Crippen LogP contribution in [0.4, 0.5) is 0 Å². The maximum absolute atomic E-state index is 6.83. The molecule has 10 aromatic rings. The summed E-state index contributed by atoms with van der Waals surface area (Å²) >= 11 is 6.83. The van der Waals surface area contributed by atoms with Crippen LogP contribution in [0.1, 0.15) is 0 Å². The number of benzene rings is 7. The Morgan fingerprint density at radius 3 is 1.75 bits per heavy atom. The molecule has 3 heterocycles. The molecule has 0 N–H and O–H groups in total. The van der Waals surface area contributed by atoms with Gasteiger partial charge in [0.1, 0.15) is 5.65 Å². The van der Waals surface area contributed by atoms with E-state index in [2.05, 4.69) is 173 Å². The van der Waals surface area contributed by atoms with Crippen molar-refractivity contribution in [3.63, 3.8) is 0 Å². The SMILES string of the molecule is S=P(c1ccccc1)(c1ccccc1)c1ccc2c3cc4ccccc4cc3c3nc4ccc(-c5ccc(-c6cccnc6)cc5)cc4n3c2c1. The molecule has 10 rings (SSSR count). The van der Waals surface area contributed by atoms with Gasteiger partial charge in [0, 0.05) is 29.2 Å². The summed E-state index contributed by atoms with van der Waals surface area (Å²) in [6.07, 6.45) is 3.71. The first kappa shape index (κ1) is 29.9. The van der Waals surface area contributed by atoms with Gasteiger partial charge in [-0.15, -0.1) is 0 Å². The van der Waals surface area contributed by atoms with Crippen LogP contribution in [0.25, 0.3) is 71.4 Å². The first-order valence-electron chi connectivity index (χ1n) is 17.1. The molecule has 7 aromatic carbocycles. The minimum Gasteiger partial charge on any atom is -0.292 e. The molecule has 0 aliphatic heterocycles. The normalized spacial score (nSPS) is 12.0. The van der Waals surface area contributed by atoms with Gasteiger partial charge in [-0.25, -0.2) is 4.98 Å². The molecular weight excluding hydrogens is 658 g/mol. The zero-order valence-electron chi connectivity index (χ0n) is 27.5. The minimum atomic E-state index is -2.39. The van der Waals surface area contributed by atoms with Gasteiger partial charge in [0.15, 0.2) is 0 Å². The monoisotopic (exact) mass is 687 g/mol. The highest BCUT2D eigenvalue weighted by atomic mass is 32.4. The predicted octanol–water partition coefficient (Wildman–Crippen LogP) is 10.4. The number of rotatable bonds is 5. The van der Waals surface area contributed by atoms with Crippen LogP contribution in [-0.2, 0) is 11.8 Å². The van der Waals surface area contributed by atoms with Gasteiger partial charge in [0.05, 0.1) is 16.6 Å². The van der Waals surface area contributed by atoms with Crippen molar-refractivity contribution in [2.75, 3.05) is 0 Å². The van der Waals surface area contributed by atoms with E-state index < -0.39 is 6.04 Å². The van der Waals surface area contributed by atoms with E-state index in [-0.39, 0.29) is 0 Å². The van der Waals surface area contributed by atoms with Crippen molar-refractivity contribution in [1.82, 2.24) is 14.4 Å². The lowest BCUT2D eigenvalue weighted by atomic mass is 10.0. The minimum absolute atomic E-state index is 0.951. The van der Waals surface area contributed by atoms with Crippen molar-refractivity contribution in [3.05, 3.63) is 182 Å².